The molecule has 154 valence electrons. The number of benzene rings is 2. The molecule has 4 nitrogen and oxygen atoms in total. The van der Waals surface area contributed by atoms with Crippen molar-refractivity contribution in [2.75, 3.05) is 11.9 Å². The summed E-state index contributed by atoms with van der Waals surface area (Å²) < 4.78 is 0. The number of aromatic nitrogens is 1. The second kappa shape index (κ2) is 10.4. The molecule has 3 aromatic rings. The smallest absolute Gasteiger partial charge is 0.251 e. The number of hydrogen-bond acceptors (Lipinski definition) is 3. The van der Waals surface area contributed by atoms with E-state index in [1.54, 1.807) is 12.4 Å². The number of carbonyl (C=O) groups excluding carboxylic acids is 1. The van der Waals surface area contributed by atoms with Crippen molar-refractivity contribution in [1.29, 1.82) is 0 Å². The van der Waals surface area contributed by atoms with Crippen LogP contribution in [0.2, 0.25) is 0 Å². The van der Waals surface area contributed by atoms with Crippen LogP contribution < -0.4 is 10.6 Å². The van der Waals surface area contributed by atoms with Crippen LogP contribution in [0.25, 0.3) is 12.2 Å². The van der Waals surface area contributed by atoms with Gasteiger partial charge in [0.05, 0.1) is 0 Å². The van der Waals surface area contributed by atoms with Crippen LogP contribution in [0.15, 0.2) is 67.0 Å². The summed E-state index contributed by atoms with van der Waals surface area (Å²) in [7, 11) is 0. The lowest BCUT2D eigenvalue weighted by atomic mass is 10.1. The number of rotatable bonds is 8. The van der Waals surface area contributed by atoms with Crippen molar-refractivity contribution in [3.8, 4) is 0 Å². The molecule has 1 aromatic heterocycles. The highest BCUT2D eigenvalue weighted by Crippen LogP contribution is 2.23. The molecule has 0 fully saturated rings. The largest absolute Gasteiger partial charge is 0.355 e. The third-order valence-electron chi connectivity index (χ3n) is 4.87. The third kappa shape index (κ3) is 6.31. The minimum absolute atomic E-state index is 0.0321. The summed E-state index contributed by atoms with van der Waals surface area (Å²) in [5.74, 6) is 0.540. The Morgan fingerprint density at radius 3 is 2.30 bits per heavy atom. The number of anilines is 2. The zero-order chi connectivity index (χ0) is 21.3. The van der Waals surface area contributed by atoms with Gasteiger partial charge in [-0.25, -0.2) is 0 Å². The Kier molecular flexibility index (Phi) is 7.39. The van der Waals surface area contributed by atoms with E-state index in [2.05, 4.69) is 53.7 Å². The average molecular weight is 400 g/mol. The van der Waals surface area contributed by atoms with E-state index in [4.69, 9.17) is 0 Å². The zero-order valence-corrected chi connectivity index (χ0v) is 17.9. The van der Waals surface area contributed by atoms with Crippen molar-refractivity contribution in [2.24, 2.45) is 5.92 Å². The summed E-state index contributed by atoms with van der Waals surface area (Å²) in [4.78, 5) is 16.5. The van der Waals surface area contributed by atoms with Gasteiger partial charge in [-0.3, -0.25) is 9.78 Å². The van der Waals surface area contributed by atoms with Crippen molar-refractivity contribution in [1.82, 2.24) is 10.3 Å². The lowest BCUT2D eigenvalue weighted by Crippen LogP contribution is -2.25. The molecule has 1 amide bonds. The number of pyridine rings is 1. The molecule has 0 saturated heterocycles. The molecule has 0 saturated carbocycles. The van der Waals surface area contributed by atoms with Gasteiger partial charge in [0.1, 0.15) is 0 Å². The van der Waals surface area contributed by atoms with Gasteiger partial charge < -0.3 is 10.6 Å². The van der Waals surface area contributed by atoms with E-state index in [0.717, 1.165) is 34.5 Å². The quantitative estimate of drug-likeness (QED) is 0.483. The molecule has 0 aliphatic carbocycles. The van der Waals surface area contributed by atoms with Crippen molar-refractivity contribution < 1.29 is 4.79 Å². The van der Waals surface area contributed by atoms with Gasteiger partial charge in [-0.15, -0.1) is 0 Å². The van der Waals surface area contributed by atoms with Gasteiger partial charge in [-0.1, -0.05) is 44.2 Å². The maximum absolute atomic E-state index is 12.4. The number of aryl methyl sites for hydroxylation is 1. The molecular weight excluding hydrogens is 370 g/mol. The second-order valence-electron chi connectivity index (χ2n) is 7.83. The minimum atomic E-state index is -0.0321. The van der Waals surface area contributed by atoms with Crippen LogP contribution in [0.4, 0.5) is 11.4 Å². The van der Waals surface area contributed by atoms with Gasteiger partial charge in [0.15, 0.2) is 0 Å². The predicted molar refractivity (Wildman–Crippen MR) is 126 cm³/mol. The van der Waals surface area contributed by atoms with Gasteiger partial charge in [-0.05, 0) is 72.4 Å². The Bertz CT molecular complexity index is 993. The van der Waals surface area contributed by atoms with Gasteiger partial charge in [0.2, 0.25) is 0 Å². The Morgan fingerprint density at radius 1 is 0.967 bits per heavy atom. The Balaban J connectivity index is 1.65. The molecule has 0 spiro atoms. The molecule has 3 rings (SSSR count). The number of nitrogens with one attached hydrogen (secondary N) is 2. The van der Waals surface area contributed by atoms with Crippen LogP contribution in [0.1, 0.15) is 47.3 Å². The highest BCUT2D eigenvalue weighted by atomic mass is 16.1. The Morgan fingerprint density at radius 2 is 1.63 bits per heavy atom. The van der Waals surface area contributed by atoms with E-state index in [1.165, 1.54) is 0 Å². The molecule has 2 aromatic carbocycles. The summed E-state index contributed by atoms with van der Waals surface area (Å²) in [5, 5.41) is 6.43. The van der Waals surface area contributed by atoms with E-state index in [0.29, 0.717) is 18.0 Å². The van der Waals surface area contributed by atoms with Crippen LogP contribution in [0, 0.1) is 12.8 Å². The molecule has 30 heavy (non-hydrogen) atoms. The van der Waals surface area contributed by atoms with Crippen molar-refractivity contribution in [3.63, 3.8) is 0 Å². The lowest BCUT2D eigenvalue weighted by molar-refractivity contribution is 0.0952. The van der Waals surface area contributed by atoms with Gasteiger partial charge >= 0.3 is 0 Å². The van der Waals surface area contributed by atoms with Crippen molar-refractivity contribution >= 4 is 29.4 Å². The Labute approximate surface area is 179 Å². The van der Waals surface area contributed by atoms with Crippen LogP contribution in [0.5, 0.6) is 0 Å². The summed E-state index contributed by atoms with van der Waals surface area (Å²) in [6.45, 7) is 7.04. The molecule has 0 aliphatic heterocycles. The van der Waals surface area contributed by atoms with Gasteiger partial charge in [0.25, 0.3) is 5.91 Å². The average Bonchev–Trinajstić information content (AvgIpc) is 2.75. The van der Waals surface area contributed by atoms with Crippen LogP contribution in [-0.4, -0.2) is 17.4 Å². The molecule has 0 radical (unpaired) electrons. The summed E-state index contributed by atoms with van der Waals surface area (Å²) in [5.41, 5.74) is 5.92. The summed E-state index contributed by atoms with van der Waals surface area (Å²) in [6, 6.07) is 17.9. The predicted octanol–water partition coefficient (Wildman–Crippen LogP) is 6.08. The number of hydrogen-bond donors (Lipinski definition) is 2. The summed E-state index contributed by atoms with van der Waals surface area (Å²) >= 11 is 0. The number of carbonyl (C=O) groups is 1. The van der Waals surface area contributed by atoms with Crippen molar-refractivity contribution in [3.05, 3.63) is 89.2 Å². The molecule has 0 unspecified atom stereocenters. The van der Waals surface area contributed by atoms with E-state index < -0.39 is 0 Å². The topological polar surface area (TPSA) is 54.0 Å². The first-order valence-electron chi connectivity index (χ1n) is 10.4. The fourth-order valence-corrected chi connectivity index (χ4v) is 2.97. The van der Waals surface area contributed by atoms with Gasteiger partial charge in [-0.2, -0.15) is 0 Å². The third-order valence-corrected chi connectivity index (χ3v) is 4.87. The fourth-order valence-electron chi connectivity index (χ4n) is 2.97. The van der Waals surface area contributed by atoms with Gasteiger partial charge in [0, 0.05) is 35.9 Å². The summed E-state index contributed by atoms with van der Waals surface area (Å²) in [6.07, 6.45) is 8.69. The first kappa shape index (κ1) is 21.3. The molecule has 0 aliphatic rings. The minimum Gasteiger partial charge on any atom is -0.355 e. The first-order chi connectivity index (χ1) is 14.5. The molecule has 4 heteroatoms. The van der Waals surface area contributed by atoms with Crippen LogP contribution in [0.3, 0.4) is 0 Å². The number of nitrogens with zero attached hydrogens (tertiary/aromatic N) is 1. The maximum atomic E-state index is 12.4. The SMILES string of the molecule is Cc1ccc(C(=O)NCCC(C)C)cc1Nc1ccc(/C=C/c2ccncc2)cc1. The molecule has 0 atom stereocenters. The monoisotopic (exact) mass is 399 g/mol. The number of amides is 1. The standard InChI is InChI=1S/C26H29N3O/c1-19(2)12-17-28-26(30)23-9-4-20(3)25(18-23)29-24-10-7-21(8-11-24)5-6-22-13-15-27-16-14-22/h4-11,13-16,18-19,29H,12,17H2,1-3H3,(H,28,30)/b6-5+. The zero-order valence-electron chi connectivity index (χ0n) is 17.9. The Hall–Kier alpha value is -3.40. The van der Waals surface area contributed by atoms with Crippen LogP contribution >= 0.6 is 0 Å². The van der Waals surface area contributed by atoms with Crippen molar-refractivity contribution in [2.45, 2.75) is 27.2 Å². The molecule has 2 N–H and O–H groups in total. The van der Waals surface area contributed by atoms with E-state index in [-0.39, 0.29) is 5.91 Å². The van der Waals surface area contributed by atoms with E-state index >= 15 is 0 Å². The highest BCUT2D eigenvalue weighted by molar-refractivity contribution is 5.95. The lowest BCUT2D eigenvalue weighted by Gasteiger charge is -2.13. The second-order valence-corrected chi connectivity index (χ2v) is 7.83. The van der Waals surface area contributed by atoms with E-state index in [1.807, 2.05) is 49.4 Å². The highest BCUT2D eigenvalue weighted by Gasteiger charge is 2.08. The first-order valence-corrected chi connectivity index (χ1v) is 10.4. The normalized spacial score (nSPS) is 11.1. The fraction of sp³-hybridized carbons (Fsp3) is 0.231. The molecular formula is C26H29N3O. The molecule has 1 heterocycles. The van der Waals surface area contributed by atoms with Crippen LogP contribution in [-0.2, 0) is 0 Å². The maximum Gasteiger partial charge on any atom is 0.251 e. The van der Waals surface area contributed by atoms with E-state index in [9.17, 15) is 4.79 Å². The molecule has 0 bridgehead atoms.